The summed E-state index contributed by atoms with van der Waals surface area (Å²) in [6.45, 7) is 6.66. The zero-order valence-electron chi connectivity index (χ0n) is 15.9. The molecule has 0 aliphatic carbocycles. The number of halogens is 1. The molecule has 7 heteroatoms. The second-order valence-electron chi connectivity index (χ2n) is 6.46. The van der Waals surface area contributed by atoms with Crippen molar-refractivity contribution >= 4 is 39.0 Å². The third kappa shape index (κ3) is 4.52. The molecule has 2 aromatic carbocycles. The lowest BCUT2D eigenvalue weighted by Gasteiger charge is -2.07. The van der Waals surface area contributed by atoms with E-state index in [2.05, 4.69) is 73.8 Å². The van der Waals surface area contributed by atoms with Crippen LogP contribution in [-0.4, -0.2) is 19.7 Å². The highest BCUT2D eigenvalue weighted by molar-refractivity contribution is 9.10. The van der Waals surface area contributed by atoms with Gasteiger partial charge in [0.15, 0.2) is 11.0 Å². The van der Waals surface area contributed by atoms with Crippen LogP contribution in [0.4, 0.5) is 0 Å². The summed E-state index contributed by atoms with van der Waals surface area (Å²) in [6.07, 6.45) is 1.87. The first kappa shape index (κ1) is 20.1. The van der Waals surface area contributed by atoms with Gasteiger partial charge in [0.25, 0.3) is 0 Å². The number of hydrogen-bond acceptors (Lipinski definition) is 5. The van der Waals surface area contributed by atoms with Gasteiger partial charge >= 0.3 is 0 Å². The van der Waals surface area contributed by atoms with Crippen LogP contribution in [0.15, 0.2) is 76.2 Å². The number of nitrogens with zero attached hydrogens (tertiary/aromatic N) is 4. The minimum absolute atomic E-state index is 0.659. The molecule has 2 aromatic heterocycles. The first-order valence-corrected chi connectivity index (χ1v) is 11.7. The Bertz CT molecular complexity index is 1130. The maximum absolute atomic E-state index is 4.82. The Balaban J connectivity index is 1.54. The smallest absolute Gasteiger partial charge is 0.192 e. The normalized spacial score (nSPS) is 11.0. The first-order valence-electron chi connectivity index (χ1n) is 9.09. The molecule has 4 aromatic rings. The van der Waals surface area contributed by atoms with E-state index >= 15 is 0 Å². The number of aryl methyl sites for hydroxylation is 1. The molecule has 146 valence electrons. The third-order valence-electron chi connectivity index (χ3n) is 4.41. The van der Waals surface area contributed by atoms with Crippen molar-refractivity contribution in [3.05, 3.63) is 82.3 Å². The van der Waals surface area contributed by atoms with Gasteiger partial charge in [-0.1, -0.05) is 70.2 Å². The fourth-order valence-corrected chi connectivity index (χ4v) is 5.07. The van der Waals surface area contributed by atoms with Gasteiger partial charge in [-0.2, -0.15) is 0 Å². The maximum atomic E-state index is 4.82. The predicted octanol–water partition coefficient (Wildman–Crippen LogP) is 6.62. The van der Waals surface area contributed by atoms with Crippen LogP contribution in [0.2, 0.25) is 0 Å². The molecule has 0 unspecified atom stereocenters. The molecule has 0 N–H and O–H groups in total. The Morgan fingerprint density at radius 3 is 2.69 bits per heavy atom. The van der Waals surface area contributed by atoms with Gasteiger partial charge in [-0.05, 0) is 24.6 Å². The van der Waals surface area contributed by atoms with Crippen LogP contribution < -0.4 is 0 Å². The Hall–Kier alpha value is -2.22. The number of allylic oxidation sites excluding steroid dienone is 1. The minimum atomic E-state index is 0.659. The van der Waals surface area contributed by atoms with Crippen molar-refractivity contribution in [3.8, 4) is 22.0 Å². The van der Waals surface area contributed by atoms with Crippen LogP contribution in [0.1, 0.15) is 11.3 Å². The third-order valence-corrected chi connectivity index (χ3v) is 6.86. The van der Waals surface area contributed by atoms with Crippen LogP contribution in [0.3, 0.4) is 0 Å². The SMILES string of the molecule is C=CCn1c(SCc2csc(-c3ccccc3C)n2)nnc1-c1ccc(Br)cc1. The molecule has 0 saturated carbocycles. The first-order chi connectivity index (χ1) is 14.2. The van der Waals surface area contributed by atoms with Gasteiger partial charge in [0, 0.05) is 33.3 Å². The van der Waals surface area contributed by atoms with Crippen LogP contribution >= 0.6 is 39.0 Å². The molecule has 0 spiro atoms. The van der Waals surface area contributed by atoms with E-state index in [9.17, 15) is 0 Å². The Kier molecular flexibility index (Phi) is 6.28. The summed E-state index contributed by atoms with van der Waals surface area (Å²) in [5.41, 5.74) is 4.52. The molecule has 2 heterocycles. The van der Waals surface area contributed by atoms with Gasteiger partial charge in [-0.3, -0.25) is 4.57 Å². The summed E-state index contributed by atoms with van der Waals surface area (Å²) in [4.78, 5) is 4.82. The van der Waals surface area contributed by atoms with Gasteiger partial charge in [0.1, 0.15) is 5.01 Å². The van der Waals surface area contributed by atoms with E-state index in [1.165, 1.54) is 11.1 Å². The average Bonchev–Trinajstić information content (AvgIpc) is 3.35. The van der Waals surface area contributed by atoms with E-state index in [4.69, 9.17) is 4.98 Å². The van der Waals surface area contributed by atoms with Gasteiger partial charge < -0.3 is 0 Å². The molecule has 0 saturated heterocycles. The Labute approximate surface area is 186 Å². The van der Waals surface area contributed by atoms with Crippen LogP contribution in [-0.2, 0) is 12.3 Å². The van der Waals surface area contributed by atoms with Crippen LogP contribution in [0.25, 0.3) is 22.0 Å². The van der Waals surface area contributed by atoms with Crippen molar-refractivity contribution in [1.29, 1.82) is 0 Å². The fraction of sp³-hybridized carbons (Fsp3) is 0.136. The van der Waals surface area contributed by atoms with E-state index in [-0.39, 0.29) is 0 Å². The minimum Gasteiger partial charge on any atom is -0.298 e. The molecule has 0 fully saturated rings. The van der Waals surface area contributed by atoms with Gasteiger partial charge in [-0.15, -0.1) is 28.1 Å². The zero-order chi connectivity index (χ0) is 20.2. The van der Waals surface area contributed by atoms with Crippen molar-refractivity contribution in [2.75, 3.05) is 0 Å². The highest BCUT2D eigenvalue weighted by Crippen LogP contribution is 2.30. The number of thiazole rings is 1. The van der Waals surface area contributed by atoms with Gasteiger partial charge in [0.05, 0.1) is 5.69 Å². The summed E-state index contributed by atoms with van der Waals surface area (Å²) >= 11 is 6.81. The van der Waals surface area contributed by atoms with Crippen molar-refractivity contribution in [3.63, 3.8) is 0 Å². The Morgan fingerprint density at radius 2 is 1.93 bits per heavy atom. The molecule has 0 aliphatic heterocycles. The summed E-state index contributed by atoms with van der Waals surface area (Å²) in [6, 6.07) is 16.4. The quantitative estimate of drug-likeness (QED) is 0.219. The standard InChI is InChI=1S/C22H19BrN4S2/c1-3-12-27-20(16-8-10-17(23)11-9-16)25-26-22(27)29-14-18-13-28-21(24-18)19-7-5-4-6-15(19)2/h3-11,13H,1,12,14H2,2H3. The molecule has 0 radical (unpaired) electrons. The van der Waals surface area contributed by atoms with E-state index in [0.29, 0.717) is 6.54 Å². The van der Waals surface area contributed by atoms with Crippen molar-refractivity contribution in [1.82, 2.24) is 19.7 Å². The number of rotatable bonds is 7. The lowest BCUT2D eigenvalue weighted by atomic mass is 10.1. The molecule has 0 amide bonds. The molecular weight excluding hydrogens is 464 g/mol. The fourth-order valence-electron chi connectivity index (χ4n) is 2.95. The number of thioether (sulfide) groups is 1. The summed E-state index contributed by atoms with van der Waals surface area (Å²) in [5, 5.41) is 12.9. The molecule has 4 nitrogen and oxygen atoms in total. The van der Waals surface area contributed by atoms with E-state index in [1.54, 1.807) is 23.1 Å². The predicted molar refractivity (Wildman–Crippen MR) is 125 cm³/mol. The lowest BCUT2D eigenvalue weighted by Crippen LogP contribution is -2.00. The number of hydrogen-bond donors (Lipinski definition) is 0. The zero-order valence-corrected chi connectivity index (χ0v) is 19.1. The lowest BCUT2D eigenvalue weighted by molar-refractivity contribution is 0.731. The molecule has 0 atom stereocenters. The van der Waals surface area contributed by atoms with E-state index < -0.39 is 0 Å². The second-order valence-corrected chi connectivity index (χ2v) is 9.18. The van der Waals surface area contributed by atoms with Gasteiger partial charge in [0.2, 0.25) is 0 Å². The van der Waals surface area contributed by atoms with Crippen molar-refractivity contribution in [2.45, 2.75) is 24.4 Å². The van der Waals surface area contributed by atoms with E-state index in [0.717, 1.165) is 37.5 Å². The molecule has 4 rings (SSSR count). The maximum Gasteiger partial charge on any atom is 0.192 e. The summed E-state index contributed by atoms with van der Waals surface area (Å²) < 4.78 is 3.13. The Morgan fingerprint density at radius 1 is 1.14 bits per heavy atom. The monoisotopic (exact) mass is 482 g/mol. The highest BCUT2D eigenvalue weighted by Gasteiger charge is 2.15. The number of aromatic nitrogens is 4. The molecular formula is C22H19BrN4S2. The summed E-state index contributed by atoms with van der Waals surface area (Å²) in [5.74, 6) is 1.59. The summed E-state index contributed by atoms with van der Waals surface area (Å²) in [7, 11) is 0. The average molecular weight is 483 g/mol. The highest BCUT2D eigenvalue weighted by atomic mass is 79.9. The largest absolute Gasteiger partial charge is 0.298 e. The number of benzene rings is 2. The van der Waals surface area contributed by atoms with Crippen LogP contribution in [0, 0.1) is 6.92 Å². The molecule has 29 heavy (non-hydrogen) atoms. The molecule has 0 bridgehead atoms. The van der Waals surface area contributed by atoms with Crippen molar-refractivity contribution in [2.24, 2.45) is 0 Å². The topological polar surface area (TPSA) is 43.6 Å². The van der Waals surface area contributed by atoms with Crippen LogP contribution in [0.5, 0.6) is 0 Å². The van der Waals surface area contributed by atoms with Gasteiger partial charge in [-0.25, -0.2) is 4.98 Å². The second kappa shape index (κ2) is 9.07. The van der Waals surface area contributed by atoms with E-state index in [1.807, 2.05) is 30.3 Å². The van der Waals surface area contributed by atoms with Crippen molar-refractivity contribution < 1.29 is 0 Å². The molecule has 0 aliphatic rings.